The van der Waals surface area contributed by atoms with Crippen LogP contribution >= 0.6 is 15.9 Å². The van der Waals surface area contributed by atoms with Crippen LogP contribution in [0.2, 0.25) is 0 Å². The fourth-order valence-electron chi connectivity index (χ4n) is 2.55. The number of hydrogen-bond donors (Lipinski definition) is 0. The number of alkyl halides is 3. The highest BCUT2D eigenvalue weighted by atomic mass is 79.9. The van der Waals surface area contributed by atoms with Gasteiger partial charge in [-0.3, -0.25) is 4.79 Å². The van der Waals surface area contributed by atoms with Crippen molar-refractivity contribution < 1.29 is 18.0 Å². The van der Waals surface area contributed by atoms with Crippen LogP contribution in [-0.2, 0) is 6.18 Å². The maximum atomic E-state index is 12.8. The van der Waals surface area contributed by atoms with Gasteiger partial charge in [0.25, 0.3) is 5.91 Å². The van der Waals surface area contributed by atoms with Crippen LogP contribution in [0, 0.1) is 11.8 Å². The number of rotatable bonds is 2. The fourth-order valence-corrected chi connectivity index (χ4v) is 2.97. The zero-order valence-electron chi connectivity index (χ0n) is 11.9. The summed E-state index contributed by atoms with van der Waals surface area (Å²) in [5, 5.41) is 0. The second-order valence-corrected chi connectivity index (χ2v) is 6.59. The first kappa shape index (κ1) is 16.3. The number of nitrogens with zero attached hydrogens (tertiary/aromatic N) is 1. The van der Waals surface area contributed by atoms with Crippen LogP contribution in [0.1, 0.15) is 36.2 Å². The van der Waals surface area contributed by atoms with E-state index in [4.69, 9.17) is 0 Å². The molecule has 0 aliphatic carbocycles. The predicted molar refractivity (Wildman–Crippen MR) is 78.0 cm³/mol. The van der Waals surface area contributed by atoms with Crippen molar-refractivity contribution in [3.63, 3.8) is 0 Å². The Morgan fingerprint density at radius 3 is 2.57 bits per heavy atom. The van der Waals surface area contributed by atoms with Crippen molar-refractivity contribution in [3.8, 4) is 0 Å². The molecule has 0 saturated carbocycles. The van der Waals surface area contributed by atoms with Crippen LogP contribution in [0.15, 0.2) is 22.7 Å². The third-order valence-electron chi connectivity index (χ3n) is 3.98. The Bertz CT molecular complexity index is 542. The van der Waals surface area contributed by atoms with Crippen LogP contribution in [0.5, 0.6) is 0 Å². The Hall–Kier alpha value is -1.04. The second-order valence-electron chi connectivity index (χ2n) is 5.74. The molecule has 2 nitrogen and oxygen atoms in total. The maximum Gasteiger partial charge on any atom is 0.416 e. The first-order valence-corrected chi connectivity index (χ1v) is 7.65. The molecule has 0 N–H and O–H groups in total. The van der Waals surface area contributed by atoms with Gasteiger partial charge in [0.05, 0.1) is 11.1 Å². The molecule has 2 rings (SSSR count). The lowest BCUT2D eigenvalue weighted by Gasteiger charge is -2.19. The Morgan fingerprint density at radius 1 is 1.38 bits per heavy atom. The zero-order valence-corrected chi connectivity index (χ0v) is 13.5. The molecule has 21 heavy (non-hydrogen) atoms. The van der Waals surface area contributed by atoms with Crippen molar-refractivity contribution in [2.24, 2.45) is 11.8 Å². The van der Waals surface area contributed by atoms with Crippen molar-refractivity contribution >= 4 is 21.8 Å². The van der Waals surface area contributed by atoms with E-state index in [1.165, 1.54) is 6.07 Å². The van der Waals surface area contributed by atoms with Gasteiger partial charge in [0.15, 0.2) is 0 Å². The molecule has 0 spiro atoms. The minimum atomic E-state index is -4.44. The smallest absolute Gasteiger partial charge is 0.338 e. The van der Waals surface area contributed by atoms with Gasteiger partial charge < -0.3 is 4.90 Å². The summed E-state index contributed by atoms with van der Waals surface area (Å²) in [5.74, 6) is 0.544. The lowest BCUT2D eigenvalue weighted by atomic mass is 9.95. The standard InChI is InChI=1S/C15H17BrF3NO/c1-9(2)10-5-6-20(8-10)14(21)12-7-11(15(17,18)19)3-4-13(12)16/h3-4,7,9-10H,5-6,8H2,1-2H3. The summed E-state index contributed by atoms with van der Waals surface area (Å²) in [6.07, 6.45) is -3.54. The van der Waals surface area contributed by atoms with Crippen molar-refractivity contribution in [3.05, 3.63) is 33.8 Å². The second kappa shape index (κ2) is 5.99. The molecule has 1 unspecified atom stereocenters. The number of halogens is 4. The van der Waals surface area contributed by atoms with Crippen molar-refractivity contribution in [2.75, 3.05) is 13.1 Å². The summed E-state index contributed by atoms with van der Waals surface area (Å²) < 4.78 is 38.7. The monoisotopic (exact) mass is 363 g/mol. The summed E-state index contributed by atoms with van der Waals surface area (Å²) in [7, 11) is 0. The lowest BCUT2D eigenvalue weighted by molar-refractivity contribution is -0.137. The quantitative estimate of drug-likeness (QED) is 0.752. The number of carbonyl (C=O) groups excluding carboxylic acids is 1. The third kappa shape index (κ3) is 3.59. The van der Waals surface area contributed by atoms with Gasteiger partial charge in [-0.05, 0) is 52.4 Å². The van der Waals surface area contributed by atoms with E-state index < -0.39 is 11.7 Å². The lowest BCUT2D eigenvalue weighted by Crippen LogP contribution is -2.30. The summed E-state index contributed by atoms with van der Waals surface area (Å²) in [4.78, 5) is 14.1. The largest absolute Gasteiger partial charge is 0.416 e. The molecule has 1 fully saturated rings. The minimum absolute atomic E-state index is 0.0780. The topological polar surface area (TPSA) is 20.3 Å². The van der Waals surface area contributed by atoms with E-state index in [-0.39, 0.29) is 11.5 Å². The number of likely N-dealkylation sites (tertiary alicyclic amines) is 1. The molecule has 1 aliphatic heterocycles. The van der Waals surface area contributed by atoms with Crippen molar-refractivity contribution in [1.29, 1.82) is 0 Å². The van der Waals surface area contributed by atoms with E-state index in [2.05, 4.69) is 29.8 Å². The van der Waals surface area contributed by atoms with Crippen molar-refractivity contribution in [1.82, 2.24) is 4.90 Å². The highest BCUT2D eigenvalue weighted by Gasteiger charge is 2.33. The zero-order chi connectivity index (χ0) is 15.8. The van der Waals surface area contributed by atoms with Gasteiger partial charge in [-0.2, -0.15) is 13.2 Å². The molecule has 116 valence electrons. The minimum Gasteiger partial charge on any atom is -0.338 e. The molecule has 6 heteroatoms. The van der Waals surface area contributed by atoms with E-state index in [0.717, 1.165) is 18.6 Å². The van der Waals surface area contributed by atoms with E-state index in [0.29, 0.717) is 29.4 Å². The molecule has 0 bridgehead atoms. The predicted octanol–water partition coefficient (Wildman–Crippen LogP) is 4.59. The highest BCUT2D eigenvalue weighted by molar-refractivity contribution is 9.10. The molecule has 1 aromatic carbocycles. The first-order valence-electron chi connectivity index (χ1n) is 6.86. The molecule has 1 aromatic rings. The van der Waals surface area contributed by atoms with Crippen LogP contribution in [0.25, 0.3) is 0 Å². The Balaban J connectivity index is 2.24. The summed E-state index contributed by atoms with van der Waals surface area (Å²) in [6, 6.07) is 3.18. The van der Waals surface area contributed by atoms with Gasteiger partial charge in [0, 0.05) is 17.6 Å². The van der Waals surface area contributed by atoms with E-state index in [9.17, 15) is 18.0 Å². The average molecular weight is 364 g/mol. The van der Waals surface area contributed by atoms with Gasteiger partial charge in [-0.25, -0.2) is 0 Å². The SMILES string of the molecule is CC(C)C1CCN(C(=O)c2cc(C(F)(F)F)ccc2Br)C1. The van der Waals surface area contributed by atoms with Crippen molar-refractivity contribution in [2.45, 2.75) is 26.4 Å². The molecule has 1 saturated heterocycles. The maximum absolute atomic E-state index is 12.8. The van der Waals surface area contributed by atoms with E-state index in [1.807, 2.05) is 0 Å². The van der Waals surface area contributed by atoms with Gasteiger partial charge in [-0.1, -0.05) is 13.8 Å². The molecular formula is C15H17BrF3NO. The van der Waals surface area contributed by atoms with Gasteiger partial charge in [0.2, 0.25) is 0 Å². The Kier molecular flexibility index (Phi) is 4.66. The molecule has 1 aliphatic rings. The number of amides is 1. The van der Waals surface area contributed by atoms with E-state index >= 15 is 0 Å². The molecular weight excluding hydrogens is 347 g/mol. The molecule has 0 radical (unpaired) electrons. The van der Waals surface area contributed by atoms with Gasteiger partial charge >= 0.3 is 6.18 Å². The van der Waals surface area contributed by atoms with Crippen LogP contribution in [0.4, 0.5) is 13.2 Å². The number of carbonyl (C=O) groups is 1. The first-order chi connectivity index (χ1) is 9.70. The normalized spacial score (nSPS) is 19.4. The molecule has 0 aromatic heterocycles. The Labute approximate surface area is 130 Å². The van der Waals surface area contributed by atoms with Crippen LogP contribution in [-0.4, -0.2) is 23.9 Å². The third-order valence-corrected chi connectivity index (χ3v) is 4.67. The number of benzene rings is 1. The van der Waals surface area contributed by atoms with Gasteiger partial charge in [0.1, 0.15) is 0 Å². The van der Waals surface area contributed by atoms with Gasteiger partial charge in [-0.15, -0.1) is 0 Å². The fraction of sp³-hybridized carbons (Fsp3) is 0.533. The van der Waals surface area contributed by atoms with E-state index in [1.54, 1.807) is 4.90 Å². The Morgan fingerprint density at radius 2 is 2.05 bits per heavy atom. The van der Waals surface area contributed by atoms with Crippen LogP contribution < -0.4 is 0 Å². The molecule has 1 heterocycles. The summed E-state index contributed by atoms with van der Waals surface area (Å²) in [5.41, 5.74) is -0.720. The van der Waals surface area contributed by atoms with Crippen LogP contribution in [0.3, 0.4) is 0 Å². The average Bonchev–Trinajstić information content (AvgIpc) is 2.86. The summed E-state index contributed by atoms with van der Waals surface area (Å²) in [6.45, 7) is 5.40. The number of hydrogen-bond acceptors (Lipinski definition) is 1. The summed E-state index contributed by atoms with van der Waals surface area (Å²) >= 11 is 3.17. The highest BCUT2D eigenvalue weighted by Crippen LogP contribution is 2.33. The molecule has 1 atom stereocenters. The molecule has 1 amide bonds.